The van der Waals surface area contributed by atoms with Crippen LogP contribution >= 0.6 is 0 Å². The maximum atomic E-state index is 7.15. The first kappa shape index (κ1) is 44.8. The maximum Gasteiger partial charge on any atom is 0.0483 e. The van der Waals surface area contributed by atoms with Crippen molar-refractivity contribution in [1.82, 2.24) is 10.2 Å². The Labute approximate surface area is 296 Å². The summed E-state index contributed by atoms with van der Waals surface area (Å²) in [5.41, 5.74) is 6.96. The van der Waals surface area contributed by atoms with Crippen LogP contribution in [0.2, 0.25) is 0 Å². The third-order valence-electron chi connectivity index (χ3n) is 11.0. The zero-order valence-corrected chi connectivity index (χ0v) is 32.7. The van der Waals surface area contributed by atoms with Crippen molar-refractivity contribution in [2.24, 2.45) is 11.7 Å². The number of nitrogens with one attached hydrogen (secondary N) is 1. The van der Waals surface area contributed by atoms with Crippen LogP contribution < -0.4 is 11.1 Å². The number of unbranched alkanes of at least 4 members (excludes halogenated alkanes) is 22. The van der Waals surface area contributed by atoms with Gasteiger partial charge in [0.25, 0.3) is 0 Å². The fourth-order valence-corrected chi connectivity index (χ4v) is 7.58. The maximum absolute atomic E-state index is 7.15. The van der Waals surface area contributed by atoms with Crippen LogP contribution in [0.4, 0.5) is 0 Å². The Hall–Kier alpha value is -0.200. The molecule has 2 atom stereocenters. The highest BCUT2D eigenvalue weighted by Crippen LogP contribution is 2.27. The number of ether oxygens (including phenoxy) is 2. The first-order chi connectivity index (χ1) is 23.0. The molecule has 3 N–H and O–H groups in total. The highest BCUT2D eigenvalue weighted by atomic mass is 16.5. The highest BCUT2D eigenvalue weighted by molar-refractivity contribution is 4.89. The Kier molecular flexibility index (Phi) is 31.4. The lowest BCUT2D eigenvalue weighted by Gasteiger charge is -2.39. The lowest BCUT2D eigenvalue weighted by atomic mass is 9.81. The van der Waals surface area contributed by atoms with Crippen molar-refractivity contribution in [3.05, 3.63) is 0 Å². The van der Waals surface area contributed by atoms with Crippen LogP contribution in [-0.2, 0) is 9.47 Å². The van der Waals surface area contributed by atoms with Gasteiger partial charge >= 0.3 is 0 Å². The van der Waals surface area contributed by atoms with E-state index in [4.69, 9.17) is 15.2 Å². The monoisotopic (exact) mass is 666 g/mol. The summed E-state index contributed by atoms with van der Waals surface area (Å²) in [5, 5.41) is 3.64. The molecule has 1 aliphatic heterocycles. The van der Waals surface area contributed by atoms with Crippen LogP contribution in [0.3, 0.4) is 0 Å². The molecular weight excluding hydrogens is 578 g/mol. The standard InChI is InChI=1S/C42H87N3O2/c1-5-7-9-11-13-15-17-19-21-23-25-27-35-46-37-32-42(43,31-29-40-39-44-34-30-41(40)45(3)4)33-38-47-36-28-26-24-22-20-18-16-14-12-10-8-6-2/h40-41,44H,5-39,43H2,1-4H3. The Morgan fingerprint density at radius 3 is 1.32 bits per heavy atom. The van der Waals surface area contributed by atoms with Gasteiger partial charge in [0.05, 0.1) is 0 Å². The van der Waals surface area contributed by atoms with Crippen molar-refractivity contribution < 1.29 is 9.47 Å². The van der Waals surface area contributed by atoms with E-state index < -0.39 is 0 Å². The number of rotatable bonds is 36. The van der Waals surface area contributed by atoms with E-state index in [9.17, 15) is 0 Å². The van der Waals surface area contributed by atoms with Crippen LogP contribution in [0.25, 0.3) is 0 Å². The average molecular weight is 666 g/mol. The van der Waals surface area contributed by atoms with Crippen LogP contribution in [0.1, 0.15) is 200 Å². The molecule has 2 unspecified atom stereocenters. The van der Waals surface area contributed by atoms with E-state index in [1.54, 1.807) is 0 Å². The number of nitrogens with zero attached hydrogens (tertiary/aromatic N) is 1. The summed E-state index contributed by atoms with van der Waals surface area (Å²) in [4.78, 5) is 2.43. The van der Waals surface area contributed by atoms with Gasteiger partial charge < -0.3 is 25.4 Å². The van der Waals surface area contributed by atoms with E-state index in [-0.39, 0.29) is 5.54 Å². The molecule has 0 saturated carbocycles. The molecule has 47 heavy (non-hydrogen) atoms. The minimum atomic E-state index is -0.193. The Morgan fingerprint density at radius 2 is 0.936 bits per heavy atom. The number of piperidine rings is 1. The van der Waals surface area contributed by atoms with Gasteiger partial charge in [-0.25, -0.2) is 0 Å². The topological polar surface area (TPSA) is 59.8 Å². The van der Waals surface area contributed by atoms with Gasteiger partial charge in [0.15, 0.2) is 0 Å². The van der Waals surface area contributed by atoms with Crippen LogP contribution in [0.5, 0.6) is 0 Å². The first-order valence-corrected chi connectivity index (χ1v) is 21.3. The lowest BCUT2D eigenvalue weighted by molar-refractivity contribution is 0.0759. The van der Waals surface area contributed by atoms with Gasteiger partial charge in [-0.1, -0.05) is 155 Å². The third kappa shape index (κ3) is 27.2. The highest BCUT2D eigenvalue weighted by Gasteiger charge is 2.31. The molecule has 5 heteroatoms. The Balaban J connectivity index is 2.21. The van der Waals surface area contributed by atoms with Crippen molar-refractivity contribution in [3.8, 4) is 0 Å². The van der Waals surface area contributed by atoms with Gasteiger partial charge in [0.2, 0.25) is 0 Å². The predicted octanol–water partition coefficient (Wildman–Crippen LogP) is 11.2. The van der Waals surface area contributed by atoms with Gasteiger partial charge in [0, 0.05) is 38.0 Å². The number of hydrogen-bond acceptors (Lipinski definition) is 5. The largest absolute Gasteiger partial charge is 0.381 e. The van der Waals surface area contributed by atoms with Crippen LogP contribution in [-0.4, -0.2) is 70.1 Å². The average Bonchev–Trinajstić information content (AvgIpc) is 3.07. The smallest absolute Gasteiger partial charge is 0.0483 e. The van der Waals surface area contributed by atoms with E-state index in [0.29, 0.717) is 12.0 Å². The molecule has 282 valence electrons. The normalized spacial score (nSPS) is 17.2. The van der Waals surface area contributed by atoms with Gasteiger partial charge in [-0.2, -0.15) is 0 Å². The fourth-order valence-electron chi connectivity index (χ4n) is 7.58. The van der Waals surface area contributed by atoms with Gasteiger partial charge in [-0.05, 0) is 78.0 Å². The quantitative estimate of drug-likeness (QED) is 0.0652. The molecule has 0 aromatic heterocycles. The Bertz CT molecular complexity index is 597. The molecule has 1 rings (SSSR count). The fraction of sp³-hybridized carbons (Fsp3) is 1.00. The van der Waals surface area contributed by atoms with E-state index in [1.807, 2.05) is 0 Å². The number of nitrogens with two attached hydrogens (primary N) is 1. The van der Waals surface area contributed by atoms with Gasteiger partial charge in [-0.3, -0.25) is 0 Å². The van der Waals surface area contributed by atoms with Gasteiger partial charge in [0.1, 0.15) is 0 Å². The molecule has 1 fully saturated rings. The minimum absolute atomic E-state index is 0.193. The molecule has 0 radical (unpaired) electrons. The zero-order valence-electron chi connectivity index (χ0n) is 32.7. The van der Waals surface area contributed by atoms with Crippen LogP contribution in [0, 0.1) is 5.92 Å². The van der Waals surface area contributed by atoms with Crippen molar-refractivity contribution in [3.63, 3.8) is 0 Å². The second-order valence-electron chi connectivity index (χ2n) is 15.7. The molecule has 0 aliphatic carbocycles. The molecule has 1 saturated heterocycles. The summed E-state index contributed by atoms with van der Waals surface area (Å²) < 4.78 is 12.3. The Morgan fingerprint density at radius 1 is 0.553 bits per heavy atom. The first-order valence-electron chi connectivity index (χ1n) is 21.3. The SMILES string of the molecule is CCCCCCCCCCCCCCOCCC(N)(CCOCCCCCCCCCCCCCC)CCC1CNCCC1N(C)C. The summed E-state index contributed by atoms with van der Waals surface area (Å²) in [6.45, 7) is 10.2. The predicted molar refractivity (Wildman–Crippen MR) is 208 cm³/mol. The summed E-state index contributed by atoms with van der Waals surface area (Å²) in [7, 11) is 4.48. The molecule has 0 aromatic rings. The molecule has 1 heterocycles. The molecule has 0 aromatic carbocycles. The second-order valence-corrected chi connectivity index (χ2v) is 15.7. The molecule has 0 amide bonds. The van der Waals surface area contributed by atoms with Crippen molar-refractivity contribution in [2.75, 3.05) is 53.6 Å². The van der Waals surface area contributed by atoms with Crippen molar-refractivity contribution >= 4 is 0 Å². The van der Waals surface area contributed by atoms with Gasteiger partial charge in [-0.15, -0.1) is 0 Å². The molecule has 1 aliphatic rings. The minimum Gasteiger partial charge on any atom is -0.381 e. The van der Waals surface area contributed by atoms with E-state index >= 15 is 0 Å². The summed E-state index contributed by atoms with van der Waals surface area (Å²) in [6, 6.07) is 0.657. The second kappa shape index (κ2) is 33.0. The van der Waals surface area contributed by atoms with Crippen molar-refractivity contribution in [2.45, 2.75) is 212 Å². The van der Waals surface area contributed by atoms with E-state index in [2.05, 4.69) is 38.2 Å². The summed E-state index contributed by atoms with van der Waals surface area (Å²) in [5.74, 6) is 0.672. The van der Waals surface area contributed by atoms with Crippen molar-refractivity contribution in [1.29, 1.82) is 0 Å². The molecule has 0 spiro atoms. The van der Waals surface area contributed by atoms with E-state index in [0.717, 1.165) is 58.8 Å². The lowest BCUT2D eigenvalue weighted by Crippen LogP contribution is -2.49. The molecule has 0 bridgehead atoms. The molecule has 5 nitrogen and oxygen atoms in total. The summed E-state index contributed by atoms with van der Waals surface area (Å²) >= 11 is 0. The zero-order chi connectivity index (χ0) is 34.1. The number of hydrogen-bond donors (Lipinski definition) is 2. The molecular formula is C42H87N3O2. The third-order valence-corrected chi connectivity index (χ3v) is 11.0. The van der Waals surface area contributed by atoms with Crippen LogP contribution in [0.15, 0.2) is 0 Å². The summed E-state index contributed by atoms with van der Waals surface area (Å²) in [6.07, 6.45) is 38.6. The van der Waals surface area contributed by atoms with E-state index in [1.165, 1.54) is 167 Å².